The molecule has 1 saturated heterocycles. The number of ether oxygens (including phenoxy) is 1. The maximum atomic E-state index is 13.2. The predicted molar refractivity (Wildman–Crippen MR) is 148 cm³/mol. The van der Waals surface area contributed by atoms with Crippen molar-refractivity contribution >= 4 is 17.4 Å². The Hall–Kier alpha value is -3.89. The number of nitrogens with zero attached hydrogens (tertiary/aromatic N) is 3. The maximum Gasteiger partial charge on any atom is 0.225 e. The molecule has 2 atom stereocenters. The molecule has 2 unspecified atom stereocenters. The predicted octanol–water partition coefficient (Wildman–Crippen LogP) is 6.49. The summed E-state index contributed by atoms with van der Waals surface area (Å²) in [7, 11) is 0. The van der Waals surface area contributed by atoms with Gasteiger partial charge in [0.2, 0.25) is 5.91 Å². The van der Waals surface area contributed by atoms with Crippen LogP contribution in [0.15, 0.2) is 72.9 Å². The molecular weight excluding hydrogens is 474 g/mol. The number of nitrogens with one attached hydrogen (secondary N) is 2. The summed E-state index contributed by atoms with van der Waals surface area (Å²) < 4.78 is 6.08. The summed E-state index contributed by atoms with van der Waals surface area (Å²) in [6.07, 6.45) is 9.80. The molecule has 3 aromatic rings. The average molecular weight is 510 g/mol. The van der Waals surface area contributed by atoms with Crippen LogP contribution < -0.4 is 15.4 Å². The summed E-state index contributed by atoms with van der Waals surface area (Å²) >= 11 is 0. The van der Waals surface area contributed by atoms with Gasteiger partial charge in [-0.15, -0.1) is 0 Å². The minimum atomic E-state index is -0.292. The fraction of sp³-hybridized carbons (Fsp3) is 0.387. The average Bonchev–Trinajstić information content (AvgIpc) is 3.45. The molecule has 196 valence electrons. The summed E-state index contributed by atoms with van der Waals surface area (Å²) in [5, 5.41) is 16.5. The smallest absolute Gasteiger partial charge is 0.225 e. The van der Waals surface area contributed by atoms with Gasteiger partial charge in [0.15, 0.2) is 0 Å². The standard InChI is InChI=1S/C31H35N5O2/c32-22-26-9-6-20-36(26)31(37)21-29(34-24-7-2-1-3-8-24)23-11-15-27(16-12-23)38-28-17-13-25(14-18-28)35-30-10-4-5-19-33-30/h4-5,10-19,24,26,29,34H,1-3,6-9,20-21H2,(H,33,35). The lowest BCUT2D eigenvalue weighted by atomic mass is 9.93. The first-order valence-electron chi connectivity index (χ1n) is 13.7. The summed E-state index contributed by atoms with van der Waals surface area (Å²) in [5.74, 6) is 2.33. The van der Waals surface area contributed by atoms with Crippen molar-refractivity contribution in [2.24, 2.45) is 0 Å². The molecule has 38 heavy (non-hydrogen) atoms. The highest BCUT2D eigenvalue weighted by Gasteiger charge is 2.31. The van der Waals surface area contributed by atoms with Crippen molar-refractivity contribution in [1.82, 2.24) is 15.2 Å². The van der Waals surface area contributed by atoms with Gasteiger partial charge in [0.05, 0.1) is 6.07 Å². The lowest BCUT2D eigenvalue weighted by Crippen LogP contribution is -2.40. The Kier molecular flexibility index (Phi) is 8.52. The maximum absolute atomic E-state index is 13.2. The number of aromatic nitrogens is 1. The van der Waals surface area contributed by atoms with Crippen molar-refractivity contribution in [3.05, 3.63) is 78.5 Å². The largest absolute Gasteiger partial charge is 0.457 e. The van der Waals surface area contributed by atoms with Crippen molar-refractivity contribution in [3.8, 4) is 17.6 Å². The minimum absolute atomic E-state index is 0.0575. The van der Waals surface area contributed by atoms with E-state index in [9.17, 15) is 10.1 Å². The number of hydrogen-bond donors (Lipinski definition) is 2. The van der Waals surface area contributed by atoms with E-state index in [4.69, 9.17) is 4.74 Å². The van der Waals surface area contributed by atoms with Gasteiger partial charge < -0.3 is 20.3 Å². The number of pyridine rings is 1. The van der Waals surface area contributed by atoms with E-state index in [1.54, 1.807) is 11.1 Å². The van der Waals surface area contributed by atoms with Crippen molar-refractivity contribution in [2.75, 3.05) is 11.9 Å². The third-order valence-electron chi connectivity index (χ3n) is 7.45. The number of carbonyl (C=O) groups excluding carboxylic acids is 1. The summed E-state index contributed by atoms with van der Waals surface area (Å²) in [5.41, 5.74) is 2.00. The normalized spacial score (nSPS) is 18.5. The van der Waals surface area contributed by atoms with Crippen LogP contribution in [0.3, 0.4) is 0 Å². The Morgan fingerprint density at radius 3 is 2.39 bits per heavy atom. The minimum Gasteiger partial charge on any atom is -0.457 e. The van der Waals surface area contributed by atoms with E-state index < -0.39 is 0 Å². The summed E-state index contributed by atoms with van der Waals surface area (Å²) in [4.78, 5) is 19.2. The van der Waals surface area contributed by atoms with Gasteiger partial charge >= 0.3 is 0 Å². The fourth-order valence-electron chi connectivity index (χ4n) is 5.41. The molecule has 2 heterocycles. The molecule has 7 nitrogen and oxygen atoms in total. The second-order valence-corrected chi connectivity index (χ2v) is 10.2. The van der Waals surface area contributed by atoms with Crippen LogP contribution in [0.1, 0.15) is 63.0 Å². The van der Waals surface area contributed by atoms with Gasteiger partial charge in [-0.1, -0.05) is 37.5 Å². The third kappa shape index (κ3) is 6.70. The van der Waals surface area contributed by atoms with Crippen LogP contribution in [0, 0.1) is 11.3 Å². The fourth-order valence-corrected chi connectivity index (χ4v) is 5.41. The molecule has 0 bridgehead atoms. The van der Waals surface area contributed by atoms with E-state index in [2.05, 4.69) is 21.7 Å². The van der Waals surface area contributed by atoms with Crippen molar-refractivity contribution < 1.29 is 9.53 Å². The molecule has 2 N–H and O–H groups in total. The highest BCUT2D eigenvalue weighted by molar-refractivity contribution is 5.78. The van der Waals surface area contributed by atoms with Gasteiger partial charge in [-0.05, 0) is 79.8 Å². The molecule has 2 aromatic carbocycles. The number of likely N-dealkylation sites (tertiary alicyclic amines) is 1. The zero-order chi connectivity index (χ0) is 26.2. The second kappa shape index (κ2) is 12.6. The first-order valence-corrected chi connectivity index (χ1v) is 13.7. The molecule has 1 aromatic heterocycles. The molecule has 2 fully saturated rings. The molecule has 1 aliphatic heterocycles. The number of benzene rings is 2. The van der Waals surface area contributed by atoms with Gasteiger partial charge in [-0.2, -0.15) is 5.26 Å². The molecule has 0 spiro atoms. The van der Waals surface area contributed by atoms with Gasteiger partial charge in [0, 0.05) is 36.9 Å². The lowest BCUT2D eigenvalue weighted by molar-refractivity contribution is -0.131. The number of anilines is 2. The van der Waals surface area contributed by atoms with Crippen LogP contribution in [0.2, 0.25) is 0 Å². The SMILES string of the molecule is N#CC1CCCN1C(=O)CC(NC1CCCCC1)c1ccc(Oc2ccc(Nc3ccccn3)cc2)cc1. The molecule has 1 saturated carbocycles. The van der Waals surface area contributed by atoms with Crippen LogP contribution in [0.25, 0.3) is 0 Å². The van der Waals surface area contributed by atoms with Crippen LogP contribution in [0.4, 0.5) is 11.5 Å². The zero-order valence-electron chi connectivity index (χ0n) is 21.7. The Morgan fingerprint density at radius 2 is 1.71 bits per heavy atom. The number of carbonyl (C=O) groups is 1. The highest BCUT2D eigenvalue weighted by atomic mass is 16.5. The second-order valence-electron chi connectivity index (χ2n) is 10.2. The van der Waals surface area contributed by atoms with Crippen LogP contribution >= 0.6 is 0 Å². The van der Waals surface area contributed by atoms with Crippen molar-refractivity contribution in [2.45, 2.75) is 69.5 Å². The zero-order valence-corrected chi connectivity index (χ0v) is 21.7. The molecular formula is C31H35N5O2. The highest BCUT2D eigenvalue weighted by Crippen LogP contribution is 2.29. The van der Waals surface area contributed by atoms with Gasteiger partial charge in [-0.3, -0.25) is 4.79 Å². The number of amides is 1. The van der Waals surface area contributed by atoms with E-state index in [1.165, 1.54) is 19.3 Å². The molecule has 1 aliphatic carbocycles. The van der Waals surface area contributed by atoms with E-state index in [0.29, 0.717) is 19.0 Å². The molecule has 5 rings (SSSR count). The molecule has 2 aliphatic rings. The number of rotatable bonds is 9. The quantitative estimate of drug-likeness (QED) is 0.343. The van der Waals surface area contributed by atoms with E-state index >= 15 is 0 Å². The Bertz CT molecular complexity index is 1220. The Labute approximate surface area is 224 Å². The van der Waals surface area contributed by atoms with Crippen LogP contribution in [-0.4, -0.2) is 34.4 Å². The van der Waals surface area contributed by atoms with Gasteiger partial charge in [-0.25, -0.2) is 4.98 Å². The van der Waals surface area contributed by atoms with E-state index in [0.717, 1.165) is 54.3 Å². The molecule has 0 radical (unpaired) electrons. The summed E-state index contributed by atoms with van der Waals surface area (Å²) in [6.45, 7) is 0.677. The monoisotopic (exact) mass is 509 g/mol. The molecule has 7 heteroatoms. The summed E-state index contributed by atoms with van der Waals surface area (Å²) in [6, 6.07) is 23.9. The first kappa shape index (κ1) is 25.7. The topological polar surface area (TPSA) is 90.3 Å². The van der Waals surface area contributed by atoms with Crippen LogP contribution in [-0.2, 0) is 4.79 Å². The van der Waals surface area contributed by atoms with E-state index in [1.807, 2.05) is 66.7 Å². The van der Waals surface area contributed by atoms with Gasteiger partial charge in [0.1, 0.15) is 23.4 Å². The van der Waals surface area contributed by atoms with Crippen molar-refractivity contribution in [3.63, 3.8) is 0 Å². The third-order valence-corrected chi connectivity index (χ3v) is 7.45. The number of hydrogen-bond acceptors (Lipinski definition) is 6. The molecule has 1 amide bonds. The Balaban J connectivity index is 1.24. The lowest BCUT2D eigenvalue weighted by Gasteiger charge is -2.30. The number of nitriles is 1. The first-order chi connectivity index (χ1) is 18.7. The van der Waals surface area contributed by atoms with Crippen LogP contribution in [0.5, 0.6) is 11.5 Å². The van der Waals surface area contributed by atoms with Gasteiger partial charge in [0.25, 0.3) is 0 Å². The van der Waals surface area contributed by atoms with Crippen molar-refractivity contribution in [1.29, 1.82) is 5.26 Å². The van der Waals surface area contributed by atoms with E-state index in [-0.39, 0.29) is 18.0 Å². The Morgan fingerprint density at radius 1 is 0.974 bits per heavy atom.